The molecule has 0 heterocycles. The van der Waals surface area contributed by atoms with E-state index in [1.54, 1.807) is 19.1 Å². The molecule has 0 rings (SSSR count). The number of hydrogen-bond acceptors (Lipinski definition) is 1. The van der Waals surface area contributed by atoms with Crippen LogP contribution in [0.3, 0.4) is 0 Å². The Kier molecular flexibility index (Phi) is 4.83. The van der Waals surface area contributed by atoms with Gasteiger partial charge in [0.15, 0.2) is 0 Å². The SMILES string of the molecule is C/C=C(O)\C(Br)=C/C(C)Cl. The van der Waals surface area contributed by atoms with Gasteiger partial charge in [0.05, 0.1) is 9.86 Å². The van der Waals surface area contributed by atoms with Gasteiger partial charge in [-0.15, -0.1) is 11.6 Å². The molecule has 0 spiro atoms. The molecule has 0 saturated carbocycles. The summed E-state index contributed by atoms with van der Waals surface area (Å²) < 4.78 is 0.637. The Morgan fingerprint density at radius 2 is 2.20 bits per heavy atom. The summed E-state index contributed by atoms with van der Waals surface area (Å²) in [5, 5.41) is 8.99. The highest BCUT2D eigenvalue weighted by Gasteiger charge is 1.98. The summed E-state index contributed by atoms with van der Waals surface area (Å²) in [4.78, 5) is 0. The molecule has 0 bridgehead atoms. The zero-order valence-corrected chi connectivity index (χ0v) is 8.28. The van der Waals surface area contributed by atoms with Gasteiger partial charge < -0.3 is 5.11 Å². The van der Waals surface area contributed by atoms with Crippen molar-refractivity contribution in [2.45, 2.75) is 19.2 Å². The third kappa shape index (κ3) is 3.96. The number of halogens is 2. The second-order valence-electron chi connectivity index (χ2n) is 1.87. The number of allylic oxidation sites excluding steroid dienone is 3. The summed E-state index contributed by atoms with van der Waals surface area (Å²) in [6.07, 6.45) is 3.32. The van der Waals surface area contributed by atoms with Crippen molar-refractivity contribution in [3.8, 4) is 0 Å². The number of aliphatic hydroxyl groups is 1. The van der Waals surface area contributed by atoms with Crippen LogP contribution in [-0.4, -0.2) is 10.5 Å². The second-order valence-corrected chi connectivity index (χ2v) is 3.41. The minimum atomic E-state index is -0.0727. The minimum Gasteiger partial charge on any atom is -0.507 e. The molecule has 0 aromatic rings. The van der Waals surface area contributed by atoms with Crippen LogP contribution in [0.2, 0.25) is 0 Å². The standard InChI is InChI=1S/C7H10BrClO/c1-3-7(10)6(8)4-5(2)9/h3-5,10H,1-2H3/b6-4+,7-3+. The first-order valence-electron chi connectivity index (χ1n) is 2.95. The minimum absolute atomic E-state index is 0.0727. The summed E-state index contributed by atoms with van der Waals surface area (Å²) in [6.45, 7) is 3.58. The smallest absolute Gasteiger partial charge is 0.125 e. The third-order valence-electron chi connectivity index (χ3n) is 0.894. The molecule has 0 saturated heterocycles. The normalized spacial score (nSPS) is 17.2. The molecule has 10 heavy (non-hydrogen) atoms. The fourth-order valence-electron chi connectivity index (χ4n) is 0.425. The van der Waals surface area contributed by atoms with Gasteiger partial charge in [-0.2, -0.15) is 0 Å². The van der Waals surface area contributed by atoms with Crippen molar-refractivity contribution in [2.75, 3.05) is 0 Å². The summed E-state index contributed by atoms with van der Waals surface area (Å²) in [7, 11) is 0. The molecule has 1 unspecified atom stereocenters. The molecular weight excluding hydrogens is 215 g/mol. The van der Waals surface area contributed by atoms with Crippen molar-refractivity contribution in [3.63, 3.8) is 0 Å². The highest BCUT2D eigenvalue weighted by molar-refractivity contribution is 9.11. The monoisotopic (exact) mass is 224 g/mol. The van der Waals surface area contributed by atoms with Gasteiger partial charge in [0, 0.05) is 0 Å². The Bertz CT molecular complexity index is 161. The van der Waals surface area contributed by atoms with E-state index in [9.17, 15) is 0 Å². The van der Waals surface area contributed by atoms with Crippen LogP contribution in [-0.2, 0) is 0 Å². The molecular formula is C7H10BrClO. The van der Waals surface area contributed by atoms with Gasteiger partial charge in [0.1, 0.15) is 5.76 Å². The maximum atomic E-state index is 9.06. The maximum absolute atomic E-state index is 9.06. The molecule has 1 nitrogen and oxygen atoms in total. The molecule has 1 atom stereocenters. The average Bonchev–Trinajstić information content (AvgIpc) is 1.85. The molecule has 0 radical (unpaired) electrons. The van der Waals surface area contributed by atoms with Gasteiger partial charge in [-0.05, 0) is 41.9 Å². The van der Waals surface area contributed by atoms with E-state index in [4.69, 9.17) is 16.7 Å². The fraction of sp³-hybridized carbons (Fsp3) is 0.429. The quantitative estimate of drug-likeness (QED) is 0.434. The van der Waals surface area contributed by atoms with E-state index in [1.807, 2.05) is 6.92 Å². The van der Waals surface area contributed by atoms with Crippen molar-refractivity contribution in [2.24, 2.45) is 0 Å². The van der Waals surface area contributed by atoms with Gasteiger partial charge in [-0.3, -0.25) is 0 Å². The van der Waals surface area contributed by atoms with E-state index in [0.717, 1.165) is 0 Å². The van der Waals surface area contributed by atoms with Gasteiger partial charge >= 0.3 is 0 Å². The maximum Gasteiger partial charge on any atom is 0.125 e. The highest BCUT2D eigenvalue weighted by Crippen LogP contribution is 2.16. The van der Waals surface area contributed by atoms with Crippen LogP contribution in [0, 0.1) is 0 Å². The molecule has 0 aromatic heterocycles. The number of hydrogen-bond donors (Lipinski definition) is 1. The first-order valence-corrected chi connectivity index (χ1v) is 4.18. The summed E-state index contributed by atoms with van der Waals surface area (Å²) in [5.41, 5.74) is 0. The Morgan fingerprint density at radius 3 is 2.50 bits per heavy atom. The van der Waals surface area contributed by atoms with Gasteiger partial charge in [-0.1, -0.05) is 0 Å². The number of aliphatic hydroxyl groups excluding tert-OH is 1. The Hall–Kier alpha value is 0.0500. The lowest BCUT2D eigenvalue weighted by molar-refractivity contribution is 0.429. The van der Waals surface area contributed by atoms with Gasteiger partial charge in [0.25, 0.3) is 0 Å². The van der Waals surface area contributed by atoms with Gasteiger partial charge in [0.2, 0.25) is 0 Å². The summed E-state index contributed by atoms with van der Waals surface area (Å²) in [6, 6.07) is 0. The molecule has 0 aliphatic rings. The molecule has 0 fully saturated rings. The van der Waals surface area contributed by atoms with Crippen molar-refractivity contribution < 1.29 is 5.11 Å². The Morgan fingerprint density at radius 1 is 1.70 bits per heavy atom. The van der Waals surface area contributed by atoms with E-state index >= 15 is 0 Å². The first kappa shape index (κ1) is 10.0. The average molecular weight is 226 g/mol. The fourth-order valence-corrected chi connectivity index (χ4v) is 1.33. The van der Waals surface area contributed by atoms with Crippen LogP contribution >= 0.6 is 27.5 Å². The van der Waals surface area contributed by atoms with Crippen LogP contribution in [0.4, 0.5) is 0 Å². The molecule has 0 amide bonds. The van der Waals surface area contributed by atoms with Crippen LogP contribution < -0.4 is 0 Å². The van der Waals surface area contributed by atoms with Crippen LogP contribution in [0.15, 0.2) is 22.4 Å². The molecule has 3 heteroatoms. The molecule has 0 aromatic carbocycles. The number of alkyl halides is 1. The predicted octanol–water partition coefficient (Wildman–Crippen LogP) is 3.35. The van der Waals surface area contributed by atoms with Crippen molar-refractivity contribution >= 4 is 27.5 Å². The Balaban J connectivity index is 4.20. The van der Waals surface area contributed by atoms with Gasteiger partial charge in [-0.25, -0.2) is 0 Å². The van der Waals surface area contributed by atoms with Crippen LogP contribution in [0.25, 0.3) is 0 Å². The zero-order chi connectivity index (χ0) is 8.15. The summed E-state index contributed by atoms with van der Waals surface area (Å²) in [5.74, 6) is 0.215. The van der Waals surface area contributed by atoms with E-state index in [2.05, 4.69) is 15.9 Å². The Labute approximate surface area is 74.5 Å². The van der Waals surface area contributed by atoms with Crippen LogP contribution in [0.5, 0.6) is 0 Å². The largest absolute Gasteiger partial charge is 0.507 e. The lowest BCUT2D eigenvalue weighted by Crippen LogP contribution is -1.86. The number of rotatable bonds is 2. The lowest BCUT2D eigenvalue weighted by Gasteiger charge is -1.97. The second kappa shape index (κ2) is 4.80. The molecule has 58 valence electrons. The predicted molar refractivity (Wildman–Crippen MR) is 48.7 cm³/mol. The zero-order valence-electron chi connectivity index (χ0n) is 5.94. The van der Waals surface area contributed by atoms with E-state index in [1.165, 1.54) is 0 Å². The summed E-state index contributed by atoms with van der Waals surface area (Å²) >= 11 is 8.79. The van der Waals surface area contributed by atoms with E-state index in [0.29, 0.717) is 4.48 Å². The van der Waals surface area contributed by atoms with Crippen molar-refractivity contribution in [1.29, 1.82) is 0 Å². The van der Waals surface area contributed by atoms with E-state index < -0.39 is 0 Å². The van der Waals surface area contributed by atoms with Crippen molar-refractivity contribution in [1.82, 2.24) is 0 Å². The highest BCUT2D eigenvalue weighted by atomic mass is 79.9. The molecule has 1 N–H and O–H groups in total. The molecule has 0 aliphatic heterocycles. The first-order chi connectivity index (χ1) is 4.57. The van der Waals surface area contributed by atoms with E-state index in [-0.39, 0.29) is 11.1 Å². The van der Waals surface area contributed by atoms with Crippen molar-refractivity contribution in [3.05, 3.63) is 22.4 Å². The third-order valence-corrected chi connectivity index (χ3v) is 1.69. The van der Waals surface area contributed by atoms with Crippen LogP contribution in [0.1, 0.15) is 13.8 Å². The lowest BCUT2D eigenvalue weighted by atomic mass is 10.3. The topological polar surface area (TPSA) is 20.2 Å². The molecule has 0 aliphatic carbocycles.